The first kappa shape index (κ1) is 14.8. The molecule has 0 unspecified atom stereocenters. The van der Waals surface area contributed by atoms with Crippen molar-refractivity contribution >= 4 is 27.9 Å². The lowest BCUT2D eigenvalue weighted by Crippen LogP contribution is -1.96. The lowest BCUT2D eigenvalue weighted by Gasteiger charge is -2.10. The van der Waals surface area contributed by atoms with Crippen molar-refractivity contribution in [1.29, 1.82) is 0 Å². The molecule has 0 atom stereocenters. The van der Waals surface area contributed by atoms with Crippen LogP contribution in [0.2, 0.25) is 0 Å². The molecule has 0 saturated heterocycles. The van der Waals surface area contributed by atoms with E-state index in [1.165, 1.54) is 0 Å². The Balaban J connectivity index is 2.20. The number of aromatic nitrogens is 2. The van der Waals surface area contributed by atoms with Crippen LogP contribution < -0.4 is 10.5 Å². The first-order chi connectivity index (χ1) is 10.5. The van der Waals surface area contributed by atoms with Crippen molar-refractivity contribution in [2.45, 2.75) is 26.7 Å². The molecule has 0 bridgehead atoms. The maximum absolute atomic E-state index is 6.22. The Morgan fingerprint density at radius 1 is 1.23 bits per heavy atom. The third kappa shape index (κ3) is 2.41. The van der Waals surface area contributed by atoms with Gasteiger partial charge in [-0.25, -0.2) is 9.97 Å². The number of anilines is 1. The van der Waals surface area contributed by atoms with E-state index in [1.54, 1.807) is 18.4 Å². The summed E-state index contributed by atoms with van der Waals surface area (Å²) in [6.45, 7) is 6.27. The average molecular weight is 313 g/mol. The fourth-order valence-corrected chi connectivity index (χ4v) is 3.38. The number of nitrogens with two attached hydrogens (primary N) is 1. The molecule has 5 heteroatoms. The third-order valence-electron chi connectivity index (χ3n) is 3.77. The van der Waals surface area contributed by atoms with Crippen LogP contribution in [0, 0.1) is 6.92 Å². The highest BCUT2D eigenvalue weighted by molar-refractivity contribution is 7.13. The van der Waals surface area contributed by atoms with Gasteiger partial charge in [-0.15, -0.1) is 11.3 Å². The molecule has 0 aliphatic carbocycles. The largest absolute Gasteiger partial charge is 0.496 e. The van der Waals surface area contributed by atoms with Crippen molar-refractivity contribution in [2.75, 3.05) is 12.8 Å². The fraction of sp³-hybridized carbons (Fsp3) is 0.294. The van der Waals surface area contributed by atoms with E-state index in [4.69, 9.17) is 15.5 Å². The van der Waals surface area contributed by atoms with Crippen LogP contribution >= 0.6 is 11.3 Å². The summed E-state index contributed by atoms with van der Waals surface area (Å²) < 4.78 is 5.38. The van der Waals surface area contributed by atoms with Crippen LogP contribution in [0.4, 0.5) is 5.69 Å². The topological polar surface area (TPSA) is 61.0 Å². The van der Waals surface area contributed by atoms with Crippen molar-refractivity contribution in [2.24, 2.45) is 0 Å². The maximum atomic E-state index is 6.22. The SMILES string of the molecule is COc1ccc2c(N)cc(-c3nc(C(C)C)cs3)nc2c1C. The van der Waals surface area contributed by atoms with Gasteiger partial charge in [-0.05, 0) is 31.0 Å². The molecule has 3 rings (SSSR count). The highest BCUT2D eigenvalue weighted by Crippen LogP contribution is 2.33. The first-order valence-electron chi connectivity index (χ1n) is 7.21. The van der Waals surface area contributed by atoms with E-state index < -0.39 is 0 Å². The summed E-state index contributed by atoms with van der Waals surface area (Å²) in [5, 5.41) is 3.93. The van der Waals surface area contributed by atoms with Crippen LogP contribution in [-0.2, 0) is 0 Å². The van der Waals surface area contributed by atoms with Crippen molar-refractivity contribution < 1.29 is 4.74 Å². The number of methoxy groups -OCH3 is 1. The lowest BCUT2D eigenvalue weighted by molar-refractivity contribution is 0.412. The summed E-state index contributed by atoms with van der Waals surface area (Å²) in [7, 11) is 1.66. The monoisotopic (exact) mass is 313 g/mol. The number of aryl methyl sites for hydroxylation is 1. The third-order valence-corrected chi connectivity index (χ3v) is 4.65. The molecule has 0 fully saturated rings. The number of ether oxygens (including phenoxy) is 1. The van der Waals surface area contributed by atoms with E-state index in [0.29, 0.717) is 11.6 Å². The van der Waals surface area contributed by atoms with Crippen molar-refractivity contribution in [3.05, 3.63) is 34.8 Å². The predicted octanol–water partition coefficient (Wildman–Crippen LogP) is 4.38. The lowest BCUT2D eigenvalue weighted by atomic mass is 10.1. The highest BCUT2D eigenvalue weighted by atomic mass is 32.1. The number of pyridine rings is 1. The Bertz CT molecular complexity index is 839. The van der Waals surface area contributed by atoms with E-state index in [0.717, 1.165) is 38.6 Å². The fourth-order valence-electron chi connectivity index (χ4n) is 2.44. The van der Waals surface area contributed by atoms with Gasteiger partial charge in [0.05, 0.1) is 18.3 Å². The average Bonchev–Trinajstić information content (AvgIpc) is 2.98. The summed E-state index contributed by atoms with van der Waals surface area (Å²) in [6, 6.07) is 5.78. The van der Waals surface area contributed by atoms with Crippen molar-refractivity contribution in [3.63, 3.8) is 0 Å². The van der Waals surface area contributed by atoms with Gasteiger partial charge in [-0.3, -0.25) is 0 Å². The number of hydrogen-bond acceptors (Lipinski definition) is 5. The molecule has 0 amide bonds. The molecule has 4 nitrogen and oxygen atoms in total. The molecule has 0 spiro atoms. The zero-order valence-corrected chi connectivity index (χ0v) is 14.0. The van der Waals surface area contributed by atoms with Crippen molar-refractivity contribution in [3.8, 4) is 16.5 Å². The Kier molecular flexibility index (Phi) is 3.74. The molecule has 2 heterocycles. The molecule has 2 N–H and O–H groups in total. The Hall–Kier alpha value is -2.14. The number of thiazole rings is 1. The van der Waals surface area contributed by atoms with Crippen molar-refractivity contribution in [1.82, 2.24) is 9.97 Å². The van der Waals surface area contributed by atoms with Gasteiger partial charge in [0, 0.05) is 22.0 Å². The Morgan fingerprint density at radius 3 is 2.64 bits per heavy atom. The zero-order chi connectivity index (χ0) is 15.9. The minimum Gasteiger partial charge on any atom is -0.496 e. The molecule has 0 aliphatic heterocycles. The standard InChI is InChI=1S/C17H19N3OS/c1-9(2)14-8-22-17(20-14)13-7-12(18)11-5-6-15(21-4)10(3)16(11)19-13/h5-9H,1-4H3,(H2,18,19). The number of benzene rings is 1. The molecule has 0 radical (unpaired) electrons. The van der Waals surface area contributed by atoms with Crippen LogP contribution in [-0.4, -0.2) is 17.1 Å². The molecule has 3 aromatic rings. The molecule has 1 aromatic carbocycles. The molecular formula is C17H19N3OS. The van der Waals surface area contributed by atoms with Gasteiger partial charge in [0.15, 0.2) is 0 Å². The summed E-state index contributed by atoms with van der Waals surface area (Å²) in [4.78, 5) is 9.44. The maximum Gasteiger partial charge on any atom is 0.142 e. The van der Waals surface area contributed by atoms with Crippen LogP contribution in [0.5, 0.6) is 5.75 Å². The van der Waals surface area contributed by atoms with E-state index in [9.17, 15) is 0 Å². The summed E-state index contributed by atoms with van der Waals surface area (Å²) in [5.41, 5.74) is 10.7. The minimum absolute atomic E-state index is 0.407. The van der Waals surface area contributed by atoms with Gasteiger partial charge in [-0.1, -0.05) is 13.8 Å². The molecule has 22 heavy (non-hydrogen) atoms. The quantitative estimate of drug-likeness (QED) is 0.779. The van der Waals surface area contributed by atoms with Crippen LogP contribution in [0.1, 0.15) is 31.0 Å². The van der Waals surface area contributed by atoms with Crippen LogP contribution in [0.15, 0.2) is 23.6 Å². The number of nitrogen functional groups attached to an aromatic ring is 1. The molecule has 2 aromatic heterocycles. The summed E-state index contributed by atoms with van der Waals surface area (Å²) in [5.74, 6) is 1.23. The highest BCUT2D eigenvalue weighted by Gasteiger charge is 2.13. The normalized spacial score (nSPS) is 11.3. The summed E-state index contributed by atoms with van der Waals surface area (Å²) in [6.07, 6.45) is 0. The van der Waals surface area contributed by atoms with Gasteiger partial charge in [0.2, 0.25) is 0 Å². The van der Waals surface area contributed by atoms with Gasteiger partial charge >= 0.3 is 0 Å². The first-order valence-corrected chi connectivity index (χ1v) is 8.09. The predicted molar refractivity (Wildman–Crippen MR) is 92.6 cm³/mol. The number of rotatable bonds is 3. The molecule has 114 valence electrons. The minimum atomic E-state index is 0.407. The summed E-state index contributed by atoms with van der Waals surface area (Å²) >= 11 is 1.60. The molecular weight excluding hydrogens is 294 g/mol. The van der Waals surface area contributed by atoms with Crippen LogP contribution in [0.3, 0.4) is 0 Å². The number of fused-ring (bicyclic) bond motifs is 1. The smallest absolute Gasteiger partial charge is 0.142 e. The van der Waals surface area contributed by atoms with Crippen LogP contribution in [0.25, 0.3) is 21.6 Å². The van der Waals surface area contributed by atoms with Gasteiger partial charge in [0.1, 0.15) is 16.5 Å². The molecule has 0 saturated carbocycles. The second-order valence-electron chi connectivity index (χ2n) is 5.62. The van der Waals surface area contributed by atoms with Gasteiger partial charge in [0.25, 0.3) is 0 Å². The van der Waals surface area contributed by atoms with Gasteiger partial charge in [-0.2, -0.15) is 0 Å². The van der Waals surface area contributed by atoms with E-state index in [1.807, 2.05) is 25.1 Å². The van der Waals surface area contributed by atoms with E-state index in [2.05, 4.69) is 24.2 Å². The second-order valence-corrected chi connectivity index (χ2v) is 6.48. The second kappa shape index (κ2) is 5.57. The van der Waals surface area contributed by atoms with Gasteiger partial charge < -0.3 is 10.5 Å². The number of hydrogen-bond donors (Lipinski definition) is 1. The Morgan fingerprint density at radius 2 is 2.00 bits per heavy atom. The van der Waals surface area contributed by atoms with E-state index in [-0.39, 0.29) is 0 Å². The van der Waals surface area contributed by atoms with E-state index >= 15 is 0 Å². The zero-order valence-electron chi connectivity index (χ0n) is 13.2. The molecule has 0 aliphatic rings. The number of nitrogens with zero attached hydrogens (tertiary/aromatic N) is 2. The Labute approximate surface area is 134 Å².